The van der Waals surface area contributed by atoms with Gasteiger partial charge in [-0.05, 0) is 25.0 Å². The summed E-state index contributed by atoms with van der Waals surface area (Å²) in [5, 5.41) is 3.47. The Morgan fingerprint density at radius 3 is 2.65 bits per heavy atom. The second-order valence-corrected chi connectivity index (χ2v) is 5.51. The summed E-state index contributed by atoms with van der Waals surface area (Å²) in [7, 11) is 0. The van der Waals surface area contributed by atoms with Crippen molar-refractivity contribution in [3.8, 4) is 0 Å². The molecule has 0 radical (unpaired) electrons. The number of anilines is 1. The molecule has 0 amide bonds. The summed E-state index contributed by atoms with van der Waals surface area (Å²) < 4.78 is 37.4. The van der Waals surface area contributed by atoms with Gasteiger partial charge in [-0.1, -0.05) is 13.8 Å². The third-order valence-electron chi connectivity index (χ3n) is 3.39. The molecule has 1 aromatic rings. The first-order valence-corrected chi connectivity index (χ1v) is 6.90. The maximum Gasteiger partial charge on any atom is 0.433 e. The van der Waals surface area contributed by atoms with Crippen molar-refractivity contribution >= 4 is 5.69 Å². The molecule has 1 aromatic heterocycles. The molecule has 2 rings (SSSR count). The lowest BCUT2D eigenvalue weighted by molar-refractivity contribution is -0.141. The van der Waals surface area contributed by atoms with Crippen LogP contribution >= 0.6 is 0 Å². The minimum atomic E-state index is -4.37. The summed E-state index contributed by atoms with van der Waals surface area (Å²) >= 11 is 0. The van der Waals surface area contributed by atoms with Gasteiger partial charge in [-0.25, -0.2) is 4.98 Å². The Morgan fingerprint density at radius 2 is 2.10 bits per heavy atom. The van der Waals surface area contributed by atoms with Crippen LogP contribution < -0.4 is 10.2 Å². The number of alkyl halides is 3. The van der Waals surface area contributed by atoms with Crippen LogP contribution in [0.4, 0.5) is 18.9 Å². The van der Waals surface area contributed by atoms with Crippen LogP contribution in [-0.4, -0.2) is 30.2 Å². The molecule has 3 nitrogen and oxygen atoms in total. The Hall–Kier alpha value is -1.30. The number of hydrogen-bond donors (Lipinski definition) is 1. The van der Waals surface area contributed by atoms with E-state index >= 15 is 0 Å². The van der Waals surface area contributed by atoms with E-state index in [9.17, 15) is 13.2 Å². The first kappa shape index (κ1) is 15.1. The number of halogens is 3. The number of rotatable bonds is 3. The van der Waals surface area contributed by atoms with E-state index in [0.717, 1.165) is 37.7 Å². The monoisotopic (exact) mass is 287 g/mol. The van der Waals surface area contributed by atoms with E-state index in [2.05, 4.69) is 29.0 Å². The Balaban J connectivity index is 2.04. The molecule has 1 fully saturated rings. The molecule has 20 heavy (non-hydrogen) atoms. The molecular formula is C14H20F3N3. The molecule has 1 N–H and O–H groups in total. The molecule has 0 saturated carbocycles. The van der Waals surface area contributed by atoms with Crippen molar-refractivity contribution in [1.82, 2.24) is 10.3 Å². The Morgan fingerprint density at radius 1 is 1.35 bits per heavy atom. The molecule has 1 unspecified atom stereocenters. The molecule has 1 aliphatic rings. The highest BCUT2D eigenvalue weighted by Gasteiger charge is 2.32. The van der Waals surface area contributed by atoms with E-state index in [1.54, 1.807) is 0 Å². The molecule has 1 atom stereocenters. The van der Waals surface area contributed by atoms with Crippen molar-refractivity contribution in [3.63, 3.8) is 0 Å². The normalized spacial score (nSPS) is 20.5. The van der Waals surface area contributed by atoms with E-state index in [1.165, 1.54) is 12.3 Å². The third kappa shape index (κ3) is 3.85. The van der Waals surface area contributed by atoms with Gasteiger partial charge in [-0.2, -0.15) is 13.2 Å². The maximum atomic E-state index is 12.5. The third-order valence-corrected chi connectivity index (χ3v) is 3.39. The second-order valence-electron chi connectivity index (χ2n) is 5.51. The second kappa shape index (κ2) is 5.99. The van der Waals surface area contributed by atoms with Gasteiger partial charge in [0.15, 0.2) is 0 Å². The Bertz CT molecular complexity index is 428. The summed E-state index contributed by atoms with van der Waals surface area (Å²) in [5.74, 6) is 0. The van der Waals surface area contributed by atoms with Crippen molar-refractivity contribution < 1.29 is 13.2 Å². The van der Waals surface area contributed by atoms with E-state index in [1.807, 2.05) is 0 Å². The van der Waals surface area contributed by atoms with Crippen LogP contribution in [0.2, 0.25) is 0 Å². The fourth-order valence-electron chi connectivity index (χ4n) is 2.56. The van der Waals surface area contributed by atoms with Crippen LogP contribution in [0.1, 0.15) is 32.4 Å². The van der Waals surface area contributed by atoms with Crippen LogP contribution in [0.15, 0.2) is 18.3 Å². The average molecular weight is 287 g/mol. The first-order chi connectivity index (χ1) is 9.36. The summed E-state index contributed by atoms with van der Waals surface area (Å²) in [6.07, 6.45) is -0.920. The zero-order chi connectivity index (χ0) is 14.8. The molecule has 0 spiro atoms. The molecule has 0 bridgehead atoms. The van der Waals surface area contributed by atoms with Gasteiger partial charge in [0.05, 0.1) is 11.9 Å². The molecule has 2 heterocycles. The summed E-state index contributed by atoms with van der Waals surface area (Å²) in [6, 6.07) is 3.35. The zero-order valence-electron chi connectivity index (χ0n) is 11.7. The molecule has 0 aromatic carbocycles. The first-order valence-electron chi connectivity index (χ1n) is 6.90. The van der Waals surface area contributed by atoms with E-state index in [0.29, 0.717) is 12.1 Å². The highest BCUT2D eigenvalue weighted by atomic mass is 19.4. The molecule has 1 saturated heterocycles. The van der Waals surface area contributed by atoms with Gasteiger partial charge >= 0.3 is 6.18 Å². The smallest absolute Gasteiger partial charge is 0.369 e. The topological polar surface area (TPSA) is 28.2 Å². The van der Waals surface area contributed by atoms with Crippen molar-refractivity contribution in [2.45, 2.75) is 44.9 Å². The van der Waals surface area contributed by atoms with Crippen LogP contribution in [0, 0.1) is 0 Å². The summed E-state index contributed by atoms with van der Waals surface area (Å²) in [6.45, 7) is 5.87. The SMILES string of the molecule is CC(C)NC1CCCN(c2ccc(C(F)(F)F)nc2)C1. The lowest BCUT2D eigenvalue weighted by Crippen LogP contribution is -2.47. The lowest BCUT2D eigenvalue weighted by atomic mass is 10.0. The van der Waals surface area contributed by atoms with Crippen LogP contribution in [0.5, 0.6) is 0 Å². The molecule has 1 aliphatic heterocycles. The van der Waals surface area contributed by atoms with E-state index < -0.39 is 11.9 Å². The van der Waals surface area contributed by atoms with Crippen molar-refractivity contribution in [2.75, 3.05) is 18.0 Å². The van der Waals surface area contributed by atoms with E-state index in [-0.39, 0.29) is 0 Å². The number of hydrogen-bond acceptors (Lipinski definition) is 3. The fourth-order valence-corrected chi connectivity index (χ4v) is 2.56. The quantitative estimate of drug-likeness (QED) is 0.926. The minimum Gasteiger partial charge on any atom is -0.369 e. The van der Waals surface area contributed by atoms with Gasteiger partial charge in [0, 0.05) is 25.2 Å². The predicted molar refractivity (Wildman–Crippen MR) is 72.7 cm³/mol. The Labute approximate surface area is 117 Å². The number of aromatic nitrogens is 1. The van der Waals surface area contributed by atoms with Crippen LogP contribution in [0.3, 0.4) is 0 Å². The Kier molecular flexibility index (Phi) is 4.52. The predicted octanol–water partition coefficient (Wildman–Crippen LogP) is 3.07. The largest absolute Gasteiger partial charge is 0.433 e. The summed E-state index contributed by atoms with van der Waals surface area (Å²) in [5.41, 5.74) is -0.0802. The van der Waals surface area contributed by atoms with Gasteiger partial charge in [0.25, 0.3) is 0 Å². The number of pyridine rings is 1. The standard InChI is InChI=1S/C14H20F3N3/c1-10(2)19-11-4-3-7-20(9-11)12-5-6-13(18-8-12)14(15,16)17/h5-6,8,10-11,19H,3-4,7,9H2,1-2H3. The van der Waals surface area contributed by atoms with Crippen molar-refractivity contribution in [3.05, 3.63) is 24.0 Å². The highest BCUT2D eigenvalue weighted by Crippen LogP contribution is 2.29. The average Bonchev–Trinajstić information content (AvgIpc) is 2.37. The maximum absolute atomic E-state index is 12.5. The fraction of sp³-hybridized carbons (Fsp3) is 0.643. The van der Waals surface area contributed by atoms with Gasteiger partial charge in [0.2, 0.25) is 0 Å². The van der Waals surface area contributed by atoms with Crippen LogP contribution in [0.25, 0.3) is 0 Å². The number of nitrogens with zero attached hydrogens (tertiary/aromatic N) is 2. The van der Waals surface area contributed by atoms with Crippen molar-refractivity contribution in [2.24, 2.45) is 0 Å². The minimum absolute atomic E-state index is 0.381. The van der Waals surface area contributed by atoms with Crippen molar-refractivity contribution in [1.29, 1.82) is 0 Å². The van der Waals surface area contributed by atoms with Gasteiger partial charge < -0.3 is 10.2 Å². The van der Waals surface area contributed by atoms with Gasteiger partial charge in [0.1, 0.15) is 5.69 Å². The van der Waals surface area contributed by atoms with Crippen LogP contribution in [-0.2, 0) is 6.18 Å². The molecule has 0 aliphatic carbocycles. The highest BCUT2D eigenvalue weighted by molar-refractivity contribution is 5.45. The molecule has 6 heteroatoms. The number of nitrogens with one attached hydrogen (secondary N) is 1. The van der Waals surface area contributed by atoms with Gasteiger partial charge in [-0.15, -0.1) is 0 Å². The summed E-state index contributed by atoms with van der Waals surface area (Å²) in [4.78, 5) is 5.62. The van der Waals surface area contributed by atoms with Gasteiger partial charge in [-0.3, -0.25) is 0 Å². The molecular weight excluding hydrogens is 267 g/mol. The lowest BCUT2D eigenvalue weighted by Gasteiger charge is -2.35. The zero-order valence-corrected chi connectivity index (χ0v) is 11.7. The molecule has 112 valence electrons. The number of piperidine rings is 1. The van der Waals surface area contributed by atoms with E-state index in [4.69, 9.17) is 0 Å².